The number of nitrogens with zero attached hydrogens (tertiary/aromatic N) is 2. The van der Waals surface area contributed by atoms with Gasteiger partial charge in [-0.25, -0.2) is 4.79 Å². The fourth-order valence-corrected chi connectivity index (χ4v) is 1.99. The van der Waals surface area contributed by atoms with Gasteiger partial charge >= 0.3 is 6.09 Å². The maximum absolute atomic E-state index is 12.4. The number of benzene rings is 1. The van der Waals surface area contributed by atoms with Crippen LogP contribution >= 0.6 is 0 Å². The van der Waals surface area contributed by atoms with Gasteiger partial charge in [0.05, 0.1) is 0 Å². The molecule has 0 aliphatic heterocycles. The molecule has 0 radical (unpaired) electrons. The Labute approximate surface area is 132 Å². The summed E-state index contributed by atoms with van der Waals surface area (Å²) in [5, 5.41) is 0. The van der Waals surface area contributed by atoms with Gasteiger partial charge in [-0.05, 0) is 26.3 Å². The number of hydrogen-bond acceptors (Lipinski definition) is 3. The normalized spacial score (nSPS) is 12.5. The zero-order valence-corrected chi connectivity index (χ0v) is 14.3. The van der Waals surface area contributed by atoms with Crippen molar-refractivity contribution < 1.29 is 14.3 Å². The van der Waals surface area contributed by atoms with Gasteiger partial charge in [-0.3, -0.25) is 9.69 Å². The van der Waals surface area contributed by atoms with Gasteiger partial charge in [0, 0.05) is 27.6 Å². The second kappa shape index (κ2) is 7.29. The summed E-state index contributed by atoms with van der Waals surface area (Å²) in [5.41, 5.74) is 0.405. The first-order chi connectivity index (χ1) is 10.1. The predicted octanol–water partition coefficient (Wildman–Crippen LogP) is 2.55. The Kier molecular flexibility index (Phi) is 5.97. The van der Waals surface area contributed by atoms with Gasteiger partial charge in [-0.1, -0.05) is 30.3 Å². The van der Waals surface area contributed by atoms with Crippen LogP contribution in [0.5, 0.6) is 0 Å². The lowest BCUT2D eigenvalue weighted by Gasteiger charge is -2.31. The van der Waals surface area contributed by atoms with Crippen LogP contribution in [0.15, 0.2) is 30.3 Å². The third-order valence-corrected chi connectivity index (χ3v) is 3.15. The number of carbonyl (C=O) groups is 2. The van der Waals surface area contributed by atoms with Crippen LogP contribution in [0, 0.1) is 0 Å². The zero-order valence-electron chi connectivity index (χ0n) is 14.3. The quantitative estimate of drug-likeness (QED) is 0.859. The van der Waals surface area contributed by atoms with E-state index in [0.717, 1.165) is 5.56 Å². The summed E-state index contributed by atoms with van der Waals surface area (Å²) >= 11 is 0. The predicted molar refractivity (Wildman–Crippen MR) is 86.6 cm³/mol. The van der Waals surface area contributed by atoms with E-state index in [1.807, 2.05) is 30.3 Å². The number of likely N-dealkylation sites (N-methyl/N-ethyl adjacent to an activating group) is 2. The Bertz CT molecular complexity index is 506. The average molecular weight is 306 g/mol. The number of carbonyl (C=O) groups excluding carboxylic acids is 2. The molecule has 1 rings (SSSR count). The van der Waals surface area contributed by atoms with Crippen molar-refractivity contribution in [1.29, 1.82) is 0 Å². The fraction of sp³-hybridized carbons (Fsp3) is 0.529. The van der Waals surface area contributed by atoms with E-state index in [1.165, 1.54) is 9.80 Å². The van der Waals surface area contributed by atoms with Gasteiger partial charge in [0.1, 0.15) is 11.6 Å². The molecule has 5 nitrogen and oxygen atoms in total. The smallest absolute Gasteiger partial charge is 0.410 e. The molecule has 0 fully saturated rings. The molecule has 0 aliphatic carbocycles. The summed E-state index contributed by atoms with van der Waals surface area (Å²) in [6.45, 7) is 5.41. The third-order valence-electron chi connectivity index (χ3n) is 3.15. The van der Waals surface area contributed by atoms with Crippen LogP contribution in [0.3, 0.4) is 0 Å². The summed E-state index contributed by atoms with van der Waals surface area (Å²) in [5.74, 6) is -0.128. The summed E-state index contributed by atoms with van der Waals surface area (Å²) in [7, 11) is 4.97. The molecule has 0 saturated heterocycles. The standard InChI is InChI=1S/C17H26N2O3/c1-17(2,3)22-16(21)19(6)14(15(20)18(4)5)12-13-10-8-7-9-11-13/h7-11,14H,12H2,1-6H3/t14-/m0/s1. The molecule has 2 amide bonds. The molecule has 0 saturated carbocycles. The highest BCUT2D eigenvalue weighted by atomic mass is 16.6. The van der Waals surface area contributed by atoms with Crippen LogP contribution in [-0.2, 0) is 16.0 Å². The molecule has 0 spiro atoms. The first-order valence-corrected chi connectivity index (χ1v) is 7.32. The largest absolute Gasteiger partial charge is 0.444 e. The van der Waals surface area contributed by atoms with Crippen LogP contribution < -0.4 is 0 Å². The number of rotatable bonds is 4. The second-order valence-electron chi connectivity index (χ2n) is 6.53. The van der Waals surface area contributed by atoms with E-state index in [1.54, 1.807) is 41.9 Å². The molecular weight excluding hydrogens is 280 g/mol. The van der Waals surface area contributed by atoms with E-state index in [-0.39, 0.29) is 5.91 Å². The lowest BCUT2D eigenvalue weighted by Crippen LogP contribution is -2.49. The van der Waals surface area contributed by atoms with E-state index in [9.17, 15) is 9.59 Å². The Morgan fingerprint density at radius 2 is 1.64 bits per heavy atom. The zero-order chi connectivity index (χ0) is 16.9. The number of hydrogen-bond donors (Lipinski definition) is 0. The molecule has 122 valence electrons. The summed E-state index contributed by atoms with van der Waals surface area (Å²) in [6, 6.07) is 9.05. The molecule has 0 aromatic heterocycles. The van der Waals surface area contributed by atoms with Crippen molar-refractivity contribution in [2.45, 2.75) is 38.8 Å². The highest BCUT2D eigenvalue weighted by molar-refractivity contribution is 5.85. The van der Waals surface area contributed by atoms with Gasteiger partial charge in [0.2, 0.25) is 5.91 Å². The number of ether oxygens (including phenoxy) is 1. The first-order valence-electron chi connectivity index (χ1n) is 7.32. The van der Waals surface area contributed by atoms with Crippen molar-refractivity contribution in [2.75, 3.05) is 21.1 Å². The van der Waals surface area contributed by atoms with Crippen LogP contribution in [0.2, 0.25) is 0 Å². The third kappa shape index (κ3) is 5.39. The maximum atomic E-state index is 12.4. The van der Waals surface area contributed by atoms with Crippen molar-refractivity contribution in [3.8, 4) is 0 Å². The van der Waals surface area contributed by atoms with Crippen LogP contribution in [-0.4, -0.2) is 54.6 Å². The first kappa shape index (κ1) is 18.0. The topological polar surface area (TPSA) is 49.9 Å². The average Bonchev–Trinajstić information content (AvgIpc) is 2.42. The van der Waals surface area contributed by atoms with E-state index in [2.05, 4.69) is 0 Å². The second-order valence-corrected chi connectivity index (χ2v) is 6.53. The molecular formula is C17H26N2O3. The Morgan fingerprint density at radius 3 is 2.09 bits per heavy atom. The minimum absolute atomic E-state index is 0.128. The highest BCUT2D eigenvalue weighted by Gasteiger charge is 2.31. The summed E-state index contributed by atoms with van der Waals surface area (Å²) in [6.07, 6.45) is -0.0447. The fourth-order valence-electron chi connectivity index (χ4n) is 1.99. The molecule has 0 unspecified atom stereocenters. The molecule has 0 N–H and O–H groups in total. The maximum Gasteiger partial charge on any atom is 0.410 e. The Morgan fingerprint density at radius 1 is 1.09 bits per heavy atom. The molecule has 0 bridgehead atoms. The lowest BCUT2D eigenvalue weighted by molar-refractivity contribution is -0.133. The molecule has 1 aromatic carbocycles. The van der Waals surface area contributed by atoms with Gasteiger partial charge in [0.25, 0.3) is 0 Å². The Hall–Kier alpha value is -2.04. The van der Waals surface area contributed by atoms with Gasteiger partial charge < -0.3 is 9.64 Å². The van der Waals surface area contributed by atoms with Gasteiger partial charge in [0.15, 0.2) is 0 Å². The van der Waals surface area contributed by atoms with Gasteiger partial charge in [-0.2, -0.15) is 0 Å². The van der Waals surface area contributed by atoms with Crippen molar-refractivity contribution in [1.82, 2.24) is 9.80 Å². The van der Waals surface area contributed by atoms with E-state index < -0.39 is 17.7 Å². The van der Waals surface area contributed by atoms with E-state index in [0.29, 0.717) is 6.42 Å². The van der Waals surface area contributed by atoms with Crippen LogP contribution in [0.4, 0.5) is 4.79 Å². The van der Waals surface area contributed by atoms with E-state index in [4.69, 9.17) is 4.74 Å². The SMILES string of the molecule is CN(C)C(=O)[C@H](Cc1ccccc1)N(C)C(=O)OC(C)(C)C. The lowest BCUT2D eigenvalue weighted by atomic mass is 10.0. The van der Waals surface area contributed by atoms with E-state index >= 15 is 0 Å². The molecule has 1 aromatic rings. The summed E-state index contributed by atoms with van der Waals surface area (Å²) in [4.78, 5) is 27.6. The van der Waals surface area contributed by atoms with Crippen molar-refractivity contribution in [3.05, 3.63) is 35.9 Å². The minimum atomic E-state index is -0.593. The number of amides is 2. The van der Waals surface area contributed by atoms with Gasteiger partial charge in [-0.15, -0.1) is 0 Å². The molecule has 0 aliphatic rings. The summed E-state index contributed by atoms with van der Waals surface area (Å²) < 4.78 is 5.36. The van der Waals surface area contributed by atoms with Crippen molar-refractivity contribution in [2.24, 2.45) is 0 Å². The minimum Gasteiger partial charge on any atom is -0.444 e. The van der Waals surface area contributed by atoms with Crippen molar-refractivity contribution in [3.63, 3.8) is 0 Å². The molecule has 5 heteroatoms. The van der Waals surface area contributed by atoms with Crippen LogP contribution in [0.25, 0.3) is 0 Å². The van der Waals surface area contributed by atoms with Crippen molar-refractivity contribution >= 4 is 12.0 Å². The molecule has 1 atom stereocenters. The van der Waals surface area contributed by atoms with Crippen LogP contribution in [0.1, 0.15) is 26.3 Å². The molecule has 22 heavy (non-hydrogen) atoms. The molecule has 0 heterocycles. The Balaban J connectivity index is 2.95. The monoisotopic (exact) mass is 306 g/mol. The highest BCUT2D eigenvalue weighted by Crippen LogP contribution is 2.15.